The summed E-state index contributed by atoms with van der Waals surface area (Å²) in [7, 11) is 1.47. The van der Waals surface area contributed by atoms with E-state index in [2.05, 4.69) is 0 Å². The summed E-state index contributed by atoms with van der Waals surface area (Å²) in [6, 6.07) is 17.8. The van der Waals surface area contributed by atoms with Gasteiger partial charge in [-0.05, 0) is 54.6 Å². The molecule has 1 aliphatic heterocycles. The molecule has 0 aliphatic carbocycles. The molecule has 3 aromatic rings. The van der Waals surface area contributed by atoms with Crippen molar-refractivity contribution in [2.45, 2.75) is 0 Å². The molecule has 1 saturated heterocycles. The third kappa shape index (κ3) is 3.91. The van der Waals surface area contributed by atoms with Gasteiger partial charge in [0.25, 0.3) is 11.8 Å². The highest BCUT2D eigenvalue weighted by Crippen LogP contribution is 2.26. The number of phenols is 1. The van der Waals surface area contributed by atoms with Gasteiger partial charge in [-0.15, -0.1) is 0 Å². The van der Waals surface area contributed by atoms with Crippen LogP contribution in [-0.4, -0.2) is 52.7 Å². The van der Waals surface area contributed by atoms with Gasteiger partial charge in [-0.3, -0.25) is 14.5 Å². The molecule has 4 amide bonds. The molecule has 1 fully saturated rings. The summed E-state index contributed by atoms with van der Waals surface area (Å²) in [5, 5.41) is 9.55. The molecule has 2 heterocycles. The molecule has 1 N–H and O–H groups in total. The molecule has 8 heteroatoms. The Hall–Kier alpha value is -4.17. The molecule has 1 aliphatic rings. The van der Waals surface area contributed by atoms with E-state index in [0.717, 1.165) is 15.5 Å². The van der Waals surface area contributed by atoms with Crippen molar-refractivity contribution in [3.05, 3.63) is 84.2 Å². The van der Waals surface area contributed by atoms with Gasteiger partial charge in [-0.25, -0.2) is 9.69 Å². The van der Waals surface area contributed by atoms with Crippen LogP contribution in [-0.2, 0) is 14.3 Å². The maximum absolute atomic E-state index is 13.3. The van der Waals surface area contributed by atoms with Crippen molar-refractivity contribution in [3.63, 3.8) is 0 Å². The zero-order valence-electron chi connectivity index (χ0n) is 17.3. The number of amides is 4. The number of benzene rings is 2. The Labute approximate surface area is 184 Å². The Morgan fingerprint density at radius 3 is 2.28 bits per heavy atom. The Kier molecular flexibility index (Phi) is 5.87. The van der Waals surface area contributed by atoms with Crippen molar-refractivity contribution in [2.75, 3.05) is 25.2 Å². The van der Waals surface area contributed by atoms with Gasteiger partial charge >= 0.3 is 6.03 Å². The van der Waals surface area contributed by atoms with Crippen LogP contribution in [0.3, 0.4) is 0 Å². The highest BCUT2D eigenvalue weighted by atomic mass is 16.5. The van der Waals surface area contributed by atoms with Crippen LogP contribution < -0.4 is 4.90 Å². The average Bonchev–Trinajstić information content (AvgIpc) is 3.26. The molecule has 0 atom stereocenters. The molecular formula is C24H21N3O5. The first-order valence-corrected chi connectivity index (χ1v) is 9.94. The van der Waals surface area contributed by atoms with Crippen LogP contribution in [0.25, 0.3) is 11.8 Å². The van der Waals surface area contributed by atoms with Crippen LogP contribution in [0, 0.1) is 0 Å². The fourth-order valence-electron chi connectivity index (χ4n) is 3.47. The van der Waals surface area contributed by atoms with E-state index in [1.807, 2.05) is 0 Å². The Morgan fingerprint density at radius 2 is 1.59 bits per heavy atom. The number of hydrogen-bond donors (Lipinski definition) is 1. The van der Waals surface area contributed by atoms with E-state index in [4.69, 9.17) is 4.74 Å². The van der Waals surface area contributed by atoms with Crippen LogP contribution in [0.5, 0.6) is 5.75 Å². The monoisotopic (exact) mass is 431 g/mol. The summed E-state index contributed by atoms with van der Waals surface area (Å²) in [5.74, 6) is -1.25. The molecular weight excluding hydrogens is 410 g/mol. The van der Waals surface area contributed by atoms with E-state index < -0.39 is 17.8 Å². The lowest BCUT2D eigenvalue weighted by Gasteiger charge is -2.33. The number of phenolic OH excluding ortho intramolecular Hbond substituents is 1. The number of anilines is 1. The molecule has 1 aromatic heterocycles. The predicted octanol–water partition coefficient (Wildman–Crippen LogP) is 3.21. The molecule has 0 radical (unpaired) electrons. The average molecular weight is 431 g/mol. The van der Waals surface area contributed by atoms with E-state index in [0.29, 0.717) is 11.4 Å². The number of hydrogen-bond acceptors (Lipinski definition) is 5. The number of barbiturate groups is 1. The molecule has 0 bridgehead atoms. The number of para-hydroxylation sites is 1. The van der Waals surface area contributed by atoms with Gasteiger partial charge in [0.15, 0.2) is 0 Å². The summed E-state index contributed by atoms with van der Waals surface area (Å²) < 4.78 is 6.82. The molecule has 8 nitrogen and oxygen atoms in total. The van der Waals surface area contributed by atoms with Crippen molar-refractivity contribution < 1.29 is 24.2 Å². The SMILES string of the molecule is COCCN1C(=O)C(=Cc2cccn2-c2ccc(O)cc2)C(=O)N(c2ccccc2)C1=O. The minimum Gasteiger partial charge on any atom is -0.508 e. The Morgan fingerprint density at radius 1 is 0.875 bits per heavy atom. The lowest BCUT2D eigenvalue weighted by molar-refractivity contribution is -0.129. The number of aromatic hydroxyl groups is 1. The molecule has 162 valence electrons. The molecule has 4 rings (SSSR count). The predicted molar refractivity (Wildman–Crippen MR) is 118 cm³/mol. The summed E-state index contributed by atoms with van der Waals surface area (Å²) in [4.78, 5) is 41.5. The zero-order valence-corrected chi connectivity index (χ0v) is 17.3. The van der Waals surface area contributed by atoms with Crippen LogP contribution in [0.15, 0.2) is 78.5 Å². The number of rotatable bonds is 6. The number of carbonyl (C=O) groups is 3. The lowest BCUT2D eigenvalue weighted by Crippen LogP contribution is -2.57. The largest absolute Gasteiger partial charge is 0.508 e. The van der Waals surface area contributed by atoms with Gasteiger partial charge in [0.1, 0.15) is 11.3 Å². The second kappa shape index (κ2) is 8.91. The standard InChI is InChI=1S/C24H21N3O5/c1-32-15-14-26-22(29)21(23(30)27(24(26)31)18-6-3-2-4-7-18)16-19-8-5-13-25(19)17-9-11-20(28)12-10-17/h2-13,16,28H,14-15H2,1H3. The maximum Gasteiger partial charge on any atom is 0.338 e. The first-order valence-electron chi connectivity index (χ1n) is 9.94. The second-order valence-electron chi connectivity index (χ2n) is 7.09. The highest BCUT2D eigenvalue weighted by molar-refractivity contribution is 6.39. The van der Waals surface area contributed by atoms with Gasteiger partial charge in [0, 0.05) is 24.7 Å². The molecule has 0 unspecified atom stereocenters. The fourth-order valence-corrected chi connectivity index (χ4v) is 3.47. The van der Waals surface area contributed by atoms with Crippen LogP contribution in [0.1, 0.15) is 5.69 Å². The van der Waals surface area contributed by atoms with Crippen molar-refractivity contribution in [1.29, 1.82) is 0 Å². The molecule has 2 aromatic carbocycles. The summed E-state index contributed by atoms with van der Waals surface area (Å²) in [6.45, 7) is 0.159. The fraction of sp³-hybridized carbons (Fsp3) is 0.125. The van der Waals surface area contributed by atoms with Crippen molar-refractivity contribution >= 4 is 29.6 Å². The van der Waals surface area contributed by atoms with Gasteiger partial charge in [-0.1, -0.05) is 18.2 Å². The third-order valence-electron chi connectivity index (χ3n) is 5.07. The van der Waals surface area contributed by atoms with E-state index >= 15 is 0 Å². The quantitative estimate of drug-likeness (QED) is 0.478. The summed E-state index contributed by atoms with van der Waals surface area (Å²) in [5.41, 5.74) is 1.55. The van der Waals surface area contributed by atoms with E-state index in [-0.39, 0.29) is 24.5 Å². The number of imide groups is 2. The van der Waals surface area contributed by atoms with Gasteiger partial charge in [0.05, 0.1) is 18.8 Å². The summed E-state index contributed by atoms with van der Waals surface area (Å²) >= 11 is 0. The minimum absolute atomic E-state index is 0.0150. The van der Waals surface area contributed by atoms with Crippen molar-refractivity contribution in [3.8, 4) is 11.4 Å². The Bertz CT molecular complexity index is 1180. The number of urea groups is 1. The third-order valence-corrected chi connectivity index (χ3v) is 5.07. The topological polar surface area (TPSA) is 92.1 Å². The van der Waals surface area contributed by atoms with Crippen LogP contribution in [0.2, 0.25) is 0 Å². The number of aromatic nitrogens is 1. The van der Waals surface area contributed by atoms with Crippen molar-refractivity contribution in [1.82, 2.24) is 9.47 Å². The number of nitrogens with zero attached hydrogens (tertiary/aromatic N) is 3. The minimum atomic E-state index is -0.714. The first kappa shape index (κ1) is 21.1. The second-order valence-corrected chi connectivity index (χ2v) is 7.09. The van der Waals surface area contributed by atoms with Crippen LogP contribution in [0.4, 0.5) is 10.5 Å². The summed E-state index contributed by atoms with van der Waals surface area (Å²) in [6.07, 6.45) is 3.25. The van der Waals surface area contributed by atoms with E-state index in [1.165, 1.54) is 13.2 Å². The van der Waals surface area contributed by atoms with Gasteiger partial charge in [-0.2, -0.15) is 0 Å². The number of ether oxygens (including phenoxy) is 1. The molecule has 32 heavy (non-hydrogen) atoms. The maximum atomic E-state index is 13.3. The van der Waals surface area contributed by atoms with E-state index in [9.17, 15) is 19.5 Å². The highest BCUT2D eigenvalue weighted by Gasteiger charge is 2.42. The van der Waals surface area contributed by atoms with Gasteiger partial charge < -0.3 is 14.4 Å². The normalized spacial score (nSPS) is 15.7. The first-order chi connectivity index (χ1) is 15.5. The Balaban J connectivity index is 1.78. The van der Waals surface area contributed by atoms with Gasteiger partial charge in [0.2, 0.25) is 0 Å². The molecule has 0 saturated carbocycles. The molecule has 0 spiro atoms. The van der Waals surface area contributed by atoms with E-state index in [1.54, 1.807) is 77.5 Å². The van der Waals surface area contributed by atoms with Crippen LogP contribution >= 0.6 is 0 Å². The number of methoxy groups -OCH3 is 1. The smallest absolute Gasteiger partial charge is 0.338 e. The zero-order chi connectivity index (χ0) is 22.7. The van der Waals surface area contributed by atoms with Crippen molar-refractivity contribution in [2.24, 2.45) is 0 Å². The lowest BCUT2D eigenvalue weighted by atomic mass is 10.1. The number of carbonyl (C=O) groups excluding carboxylic acids is 3.